The van der Waals surface area contributed by atoms with Crippen molar-refractivity contribution in [1.29, 1.82) is 0 Å². The minimum Gasteiger partial charge on any atom is -0.322 e. The summed E-state index contributed by atoms with van der Waals surface area (Å²) in [6.45, 7) is 3.79. The Balaban J connectivity index is 1.95. The second kappa shape index (κ2) is 7.63. The Bertz CT molecular complexity index is 1130. The van der Waals surface area contributed by atoms with Gasteiger partial charge < -0.3 is 10.3 Å². The molecular weight excluding hydrogens is 366 g/mol. The molecule has 0 saturated carbocycles. The fourth-order valence-corrected chi connectivity index (χ4v) is 2.95. The van der Waals surface area contributed by atoms with E-state index < -0.39 is 17.2 Å². The topological polar surface area (TPSA) is 84.0 Å². The molecule has 6 nitrogen and oxygen atoms in total. The fourth-order valence-electron chi connectivity index (χ4n) is 2.76. The molecule has 0 saturated heterocycles. The van der Waals surface area contributed by atoms with Crippen molar-refractivity contribution < 1.29 is 4.79 Å². The summed E-state index contributed by atoms with van der Waals surface area (Å²) in [5.74, 6) is -0.587. The highest BCUT2D eigenvalue weighted by molar-refractivity contribution is 6.31. The monoisotopic (exact) mass is 383 g/mol. The van der Waals surface area contributed by atoms with E-state index >= 15 is 0 Å². The van der Waals surface area contributed by atoms with Crippen molar-refractivity contribution in [3.8, 4) is 0 Å². The van der Waals surface area contributed by atoms with Crippen LogP contribution in [-0.4, -0.2) is 15.5 Å². The van der Waals surface area contributed by atoms with Crippen LogP contribution in [-0.2, 0) is 6.54 Å². The van der Waals surface area contributed by atoms with E-state index in [4.69, 9.17) is 11.6 Å². The predicted molar refractivity (Wildman–Crippen MR) is 106 cm³/mol. The van der Waals surface area contributed by atoms with Crippen molar-refractivity contribution in [3.63, 3.8) is 0 Å². The molecule has 0 radical (unpaired) electrons. The molecule has 3 rings (SSSR count). The van der Waals surface area contributed by atoms with E-state index in [0.29, 0.717) is 16.3 Å². The number of nitrogens with one attached hydrogen (secondary N) is 2. The zero-order chi connectivity index (χ0) is 19.6. The molecule has 3 aromatic rings. The molecule has 0 aliphatic carbocycles. The summed E-state index contributed by atoms with van der Waals surface area (Å²) in [4.78, 5) is 39.9. The number of rotatable bonds is 4. The fraction of sp³-hybridized carbons (Fsp3) is 0.150. The maximum atomic E-state index is 12.7. The zero-order valence-electron chi connectivity index (χ0n) is 14.9. The minimum atomic E-state index is -0.680. The largest absolute Gasteiger partial charge is 0.328 e. The van der Waals surface area contributed by atoms with Crippen molar-refractivity contribution >= 4 is 23.2 Å². The molecule has 0 fully saturated rings. The number of anilines is 1. The van der Waals surface area contributed by atoms with Gasteiger partial charge >= 0.3 is 5.69 Å². The van der Waals surface area contributed by atoms with Gasteiger partial charge in [-0.05, 0) is 37.1 Å². The molecule has 0 spiro atoms. The van der Waals surface area contributed by atoms with Crippen molar-refractivity contribution in [3.05, 3.63) is 96.8 Å². The van der Waals surface area contributed by atoms with E-state index in [9.17, 15) is 14.4 Å². The lowest BCUT2D eigenvalue weighted by molar-refractivity contribution is 0.102. The van der Waals surface area contributed by atoms with Gasteiger partial charge in [0.1, 0.15) is 5.56 Å². The average molecular weight is 384 g/mol. The maximum Gasteiger partial charge on any atom is 0.328 e. The van der Waals surface area contributed by atoms with Crippen LogP contribution in [0.25, 0.3) is 0 Å². The number of hydrogen-bond acceptors (Lipinski definition) is 3. The Morgan fingerprint density at radius 2 is 1.89 bits per heavy atom. The summed E-state index contributed by atoms with van der Waals surface area (Å²) >= 11 is 6.11. The first kappa shape index (κ1) is 18.7. The first-order valence-corrected chi connectivity index (χ1v) is 8.69. The van der Waals surface area contributed by atoms with E-state index in [-0.39, 0.29) is 12.1 Å². The predicted octanol–water partition coefficient (Wildman–Crippen LogP) is 3.11. The molecule has 2 N–H and O–H groups in total. The van der Waals surface area contributed by atoms with Crippen LogP contribution < -0.4 is 16.6 Å². The molecule has 27 heavy (non-hydrogen) atoms. The number of aryl methyl sites for hydroxylation is 2. The van der Waals surface area contributed by atoms with E-state index in [2.05, 4.69) is 10.3 Å². The first-order valence-electron chi connectivity index (χ1n) is 8.31. The van der Waals surface area contributed by atoms with Crippen LogP contribution in [0.2, 0.25) is 5.02 Å². The molecular formula is C20H18ClN3O3. The van der Waals surface area contributed by atoms with Gasteiger partial charge in [-0.15, -0.1) is 0 Å². The molecule has 0 aliphatic rings. The van der Waals surface area contributed by atoms with E-state index in [1.54, 1.807) is 30.3 Å². The summed E-state index contributed by atoms with van der Waals surface area (Å²) in [5.41, 5.74) is 1.72. The number of carbonyl (C=O) groups excluding carboxylic acids is 1. The number of hydrogen-bond donors (Lipinski definition) is 2. The highest BCUT2D eigenvalue weighted by atomic mass is 35.5. The zero-order valence-corrected chi connectivity index (χ0v) is 15.6. The summed E-state index contributed by atoms with van der Waals surface area (Å²) in [6, 6.07) is 12.5. The molecule has 7 heteroatoms. The van der Waals surface area contributed by atoms with Crippen LogP contribution in [0.15, 0.2) is 58.3 Å². The number of carbonyl (C=O) groups is 1. The van der Waals surface area contributed by atoms with Gasteiger partial charge in [0.05, 0.1) is 6.54 Å². The third-order valence-corrected chi connectivity index (χ3v) is 4.59. The number of benzene rings is 2. The lowest BCUT2D eigenvalue weighted by Crippen LogP contribution is -2.39. The van der Waals surface area contributed by atoms with Crippen LogP contribution >= 0.6 is 11.6 Å². The Morgan fingerprint density at radius 1 is 1.15 bits per heavy atom. The summed E-state index contributed by atoms with van der Waals surface area (Å²) in [5, 5.41) is 3.15. The Morgan fingerprint density at radius 3 is 2.59 bits per heavy atom. The summed E-state index contributed by atoms with van der Waals surface area (Å²) in [6.07, 6.45) is 1.13. The van der Waals surface area contributed by atoms with Gasteiger partial charge in [0, 0.05) is 16.9 Å². The SMILES string of the molecule is Cc1ccc(NC(=O)c2c[nH]c(=O)n(Cc3ccccc3Cl)c2=O)c(C)c1. The lowest BCUT2D eigenvalue weighted by Gasteiger charge is -2.11. The molecule has 1 heterocycles. The Hall–Kier alpha value is -3.12. The third-order valence-electron chi connectivity index (χ3n) is 4.22. The summed E-state index contributed by atoms with van der Waals surface area (Å²) < 4.78 is 0.956. The highest BCUT2D eigenvalue weighted by Gasteiger charge is 2.16. The first-order chi connectivity index (χ1) is 12.9. The quantitative estimate of drug-likeness (QED) is 0.726. The van der Waals surface area contributed by atoms with E-state index in [1.165, 1.54) is 0 Å². The van der Waals surface area contributed by atoms with Gasteiger partial charge in [-0.3, -0.25) is 14.2 Å². The van der Waals surface area contributed by atoms with Crippen LogP contribution in [0.4, 0.5) is 5.69 Å². The number of H-pyrrole nitrogens is 1. The van der Waals surface area contributed by atoms with Crippen LogP contribution in [0.3, 0.4) is 0 Å². The van der Waals surface area contributed by atoms with Crippen molar-refractivity contribution in [1.82, 2.24) is 9.55 Å². The van der Waals surface area contributed by atoms with E-state index in [0.717, 1.165) is 21.9 Å². The smallest absolute Gasteiger partial charge is 0.322 e. The van der Waals surface area contributed by atoms with Crippen molar-refractivity contribution in [2.45, 2.75) is 20.4 Å². The Kier molecular flexibility index (Phi) is 5.28. The van der Waals surface area contributed by atoms with Gasteiger partial charge in [0.15, 0.2) is 0 Å². The van der Waals surface area contributed by atoms with Crippen LogP contribution in [0.5, 0.6) is 0 Å². The number of aromatic nitrogens is 2. The molecule has 0 atom stereocenters. The van der Waals surface area contributed by atoms with Gasteiger partial charge in [-0.2, -0.15) is 0 Å². The number of halogens is 1. The van der Waals surface area contributed by atoms with Gasteiger partial charge in [0.25, 0.3) is 11.5 Å². The molecule has 138 valence electrons. The number of nitrogens with zero attached hydrogens (tertiary/aromatic N) is 1. The Labute approximate surface area is 160 Å². The third kappa shape index (κ3) is 4.01. The number of amides is 1. The second-order valence-electron chi connectivity index (χ2n) is 6.26. The molecule has 1 aromatic heterocycles. The minimum absolute atomic E-state index is 0.0292. The van der Waals surface area contributed by atoms with Crippen LogP contribution in [0, 0.1) is 13.8 Å². The van der Waals surface area contributed by atoms with Crippen molar-refractivity contribution in [2.75, 3.05) is 5.32 Å². The van der Waals surface area contributed by atoms with Gasteiger partial charge in [0.2, 0.25) is 0 Å². The normalized spacial score (nSPS) is 10.6. The van der Waals surface area contributed by atoms with Gasteiger partial charge in [-0.1, -0.05) is 47.5 Å². The average Bonchev–Trinajstić information content (AvgIpc) is 2.62. The molecule has 0 bridgehead atoms. The highest BCUT2D eigenvalue weighted by Crippen LogP contribution is 2.17. The van der Waals surface area contributed by atoms with Crippen LogP contribution in [0.1, 0.15) is 27.0 Å². The second-order valence-corrected chi connectivity index (χ2v) is 6.67. The van der Waals surface area contributed by atoms with Crippen molar-refractivity contribution in [2.24, 2.45) is 0 Å². The summed E-state index contributed by atoms with van der Waals surface area (Å²) in [7, 11) is 0. The molecule has 2 aromatic carbocycles. The number of aromatic amines is 1. The van der Waals surface area contributed by atoms with E-state index in [1.807, 2.05) is 26.0 Å². The van der Waals surface area contributed by atoms with Gasteiger partial charge in [-0.25, -0.2) is 4.79 Å². The molecule has 0 unspecified atom stereocenters. The molecule has 1 amide bonds. The lowest BCUT2D eigenvalue weighted by atomic mass is 10.1. The standard InChI is InChI=1S/C20H18ClN3O3/c1-12-7-8-17(13(2)9-12)23-18(25)15-10-22-20(27)24(19(15)26)11-14-5-3-4-6-16(14)21/h3-10H,11H2,1-2H3,(H,22,27)(H,23,25). The maximum absolute atomic E-state index is 12.7. The molecule has 0 aliphatic heterocycles.